The first-order valence-corrected chi connectivity index (χ1v) is 15.2. The molecular weight excluding hydrogens is 566 g/mol. The van der Waals surface area contributed by atoms with Crippen LogP contribution in [0.25, 0.3) is 27.8 Å². The minimum Gasteiger partial charge on any atom is -0.378 e. The molecule has 3 N–H and O–H groups in total. The van der Waals surface area contributed by atoms with Crippen LogP contribution in [0.15, 0.2) is 72.9 Å². The highest BCUT2D eigenvalue weighted by atomic mass is 16.5. The van der Waals surface area contributed by atoms with E-state index in [4.69, 9.17) is 20.4 Å². The number of morpholine rings is 1. The number of aromatic nitrogens is 4. The van der Waals surface area contributed by atoms with Crippen molar-refractivity contribution in [1.29, 1.82) is 0 Å². The Bertz CT molecular complexity index is 1900. The molecule has 1 aliphatic rings. The average Bonchev–Trinajstić information content (AvgIpc) is 3.46. The van der Waals surface area contributed by atoms with E-state index >= 15 is 0 Å². The van der Waals surface area contributed by atoms with Crippen LogP contribution in [-0.4, -0.2) is 70.2 Å². The fourth-order valence-corrected chi connectivity index (χ4v) is 5.37. The lowest BCUT2D eigenvalue weighted by atomic mass is 10.1. The van der Waals surface area contributed by atoms with Crippen molar-refractivity contribution in [1.82, 2.24) is 24.9 Å². The molecule has 0 saturated carbocycles. The minimum absolute atomic E-state index is 0.0166. The number of imidazole rings is 1. The van der Waals surface area contributed by atoms with Crippen molar-refractivity contribution in [3.8, 4) is 23.1 Å². The number of unbranched alkanes of at least 4 members (excludes halogenated alkanes) is 1. The molecule has 1 aliphatic heterocycles. The number of nitrogens with two attached hydrogens (primary N) is 1. The lowest BCUT2D eigenvalue weighted by Crippen LogP contribution is -2.36. The van der Waals surface area contributed by atoms with Gasteiger partial charge in [0.1, 0.15) is 22.9 Å². The predicted octanol–water partition coefficient (Wildman–Crippen LogP) is 4.00. The van der Waals surface area contributed by atoms with Gasteiger partial charge in [-0.25, -0.2) is 14.5 Å². The van der Waals surface area contributed by atoms with E-state index in [1.54, 1.807) is 18.3 Å². The third-order valence-corrected chi connectivity index (χ3v) is 7.93. The van der Waals surface area contributed by atoms with Gasteiger partial charge in [0.2, 0.25) is 0 Å². The van der Waals surface area contributed by atoms with Crippen LogP contribution in [0.3, 0.4) is 0 Å². The molecule has 0 unspecified atom stereocenters. The number of hydrogen-bond acceptors (Lipinski definition) is 8. The summed E-state index contributed by atoms with van der Waals surface area (Å²) in [5.41, 5.74) is 11.7. The Morgan fingerprint density at radius 3 is 2.58 bits per heavy atom. The fraction of sp³-hybridized carbons (Fsp3) is 0.286. The molecule has 0 aliphatic carbocycles. The van der Waals surface area contributed by atoms with Crippen LogP contribution >= 0.6 is 0 Å². The zero-order valence-electron chi connectivity index (χ0n) is 25.2. The second-order valence-corrected chi connectivity index (χ2v) is 11.0. The molecule has 1 amide bonds. The van der Waals surface area contributed by atoms with Crippen LogP contribution in [-0.2, 0) is 9.53 Å². The maximum absolute atomic E-state index is 12.8. The maximum atomic E-state index is 12.8. The van der Waals surface area contributed by atoms with Crippen molar-refractivity contribution in [2.24, 2.45) is 5.73 Å². The number of nitrogens with zero attached hydrogens (tertiary/aromatic N) is 5. The zero-order chi connectivity index (χ0) is 31.2. The van der Waals surface area contributed by atoms with Gasteiger partial charge >= 0.3 is 0 Å². The second kappa shape index (κ2) is 13.7. The lowest BCUT2D eigenvalue weighted by Gasteiger charge is -2.28. The summed E-state index contributed by atoms with van der Waals surface area (Å²) in [7, 11) is 0. The third kappa shape index (κ3) is 6.85. The van der Waals surface area contributed by atoms with Crippen LogP contribution in [0.1, 0.15) is 47.9 Å². The van der Waals surface area contributed by atoms with E-state index in [0.717, 1.165) is 53.8 Å². The predicted molar refractivity (Wildman–Crippen MR) is 174 cm³/mol. The first-order chi connectivity index (χ1) is 22.0. The van der Waals surface area contributed by atoms with E-state index in [1.807, 2.05) is 59.1 Å². The minimum atomic E-state index is -0.439. The SMILES string of the molecule is CC(=O)[C@@H](N)CCCCNC(=O)c1ccc(-c2c(C#Cc3ccc4ccccc4n3)nc3c(N4CCOCC4)ccnn23)cc1. The molecule has 5 aromatic rings. The Hall–Kier alpha value is -5.11. The van der Waals surface area contributed by atoms with Gasteiger partial charge in [-0.1, -0.05) is 36.4 Å². The molecule has 10 heteroatoms. The number of carbonyl (C=O) groups excluding carboxylic acids is 2. The van der Waals surface area contributed by atoms with E-state index < -0.39 is 6.04 Å². The zero-order valence-corrected chi connectivity index (χ0v) is 25.2. The van der Waals surface area contributed by atoms with E-state index in [9.17, 15) is 9.59 Å². The lowest BCUT2D eigenvalue weighted by molar-refractivity contribution is -0.118. The number of ether oxygens (including phenoxy) is 1. The number of benzene rings is 2. The van der Waals surface area contributed by atoms with E-state index in [0.29, 0.717) is 48.8 Å². The largest absolute Gasteiger partial charge is 0.378 e. The van der Waals surface area contributed by atoms with Gasteiger partial charge in [0.25, 0.3) is 5.91 Å². The van der Waals surface area contributed by atoms with Gasteiger partial charge in [0.05, 0.1) is 36.7 Å². The standard InChI is InChI=1S/C35H35N7O3/c1-24(43)29(36)7-4-5-18-37-35(44)27-11-9-26(10-12-27)33-31(16-15-28-14-13-25-6-2-3-8-30(25)39-28)40-34-32(17-19-38-42(33)34)41-20-22-45-23-21-41/h2-3,6,8-14,17,19,29H,4-5,7,18,20-23,36H2,1H3,(H,37,44)/t29-/m0/s1. The molecule has 228 valence electrons. The average molecular weight is 602 g/mol. The number of hydrogen-bond donors (Lipinski definition) is 2. The van der Waals surface area contributed by atoms with E-state index in [-0.39, 0.29) is 11.7 Å². The maximum Gasteiger partial charge on any atom is 0.251 e. The van der Waals surface area contributed by atoms with Crippen molar-refractivity contribution in [3.05, 3.63) is 89.9 Å². The summed E-state index contributed by atoms with van der Waals surface area (Å²) in [6.07, 6.45) is 3.91. The van der Waals surface area contributed by atoms with Gasteiger partial charge < -0.3 is 20.7 Å². The van der Waals surface area contributed by atoms with Crippen molar-refractivity contribution < 1.29 is 14.3 Å². The number of ketones is 1. The molecule has 2 aromatic carbocycles. The van der Waals surface area contributed by atoms with Gasteiger partial charge in [-0.3, -0.25) is 9.59 Å². The van der Waals surface area contributed by atoms with Crippen LogP contribution in [0.2, 0.25) is 0 Å². The molecule has 3 aromatic heterocycles. The molecular formula is C35H35N7O3. The normalized spacial score (nSPS) is 13.8. The number of nitrogens with one attached hydrogen (secondary N) is 1. The van der Waals surface area contributed by atoms with Crippen LogP contribution in [0.5, 0.6) is 0 Å². The van der Waals surface area contributed by atoms with Gasteiger partial charge in [-0.05, 0) is 68.4 Å². The van der Waals surface area contributed by atoms with Crippen molar-refractivity contribution in [2.75, 3.05) is 37.7 Å². The number of carbonyl (C=O) groups is 2. The van der Waals surface area contributed by atoms with E-state index in [1.165, 1.54) is 6.92 Å². The molecule has 0 bridgehead atoms. The molecule has 45 heavy (non-hydrogen) atoms. The third-order valence-electron chi connectivity index (χ3n) is 7.93. The molecule has 1 atom stereocenters. The number of para-hydroxylation sites is 1. The number of Topliss-reactive ketones (excluding diaryl/α,β-unsaturated/α-hetero) is 1. The highest BCUT2D eigenvalue weighted by Gasteiger charge is 2.21. The quantitative estimate of drug-likeness (QED) is 0.192. The molecule has 10 nitrogen and oxygen atoms in total. The number of pyridine rings is 1. The Labute approximate surface area is 261 Å². The first kappa shape index (κ1) is 29.9. The molecule has 0 radical (unpaired) electrons. The molecule has 1 saturated heterocycles. The van der Waals surface area contributed by atoms with Gasteiger partial charge in [-0.2, -0.15) is 5.10 Å². The second-order valence-electron chi connectivity index (χ2n) is 11.0. The molecule has 0 spiro atoms. The summed E-state index contributed by atoms with van der Waals surface area (Å²) in [5.74, 6) is 6.30. The molecule has 6 rings (SSSR count). The van der Waals surface area contributed by atoms with E-state index in [2.05, 4.69) is 27.2 Å². The van der Waals surface area contributed by atoms with Crippen molar-refractivity contribution in [2.45, 2.75) is 32.2 Å². The number of fused-ring (bicyclic) bond motifs is 2. The monoisotopic (exact) mass is 601 g/mol. The summed E-state index contributed by atoms with van der Waals surface area (Å²) >= 11 is 0. The summed E-state index contributed by atoms with van der Waals surface area (Å²) < 4.78 is 7.39. The van der Waals surface area contributed by atoms with Gasteiger partial charge in [0, 0.05) is 36.1 Å². The fourth-order valence-electron chi connectivity index (χ4n) is 5.37. The Kier molecular flexibility index (Phi) is 9.10. The molecule has 4 heterocycles. The van der Waals surface area contributed by atoms with Gasteiger partial charge in [0.15, 0.2) is 5.65 Å². The summed E-state index contributed by atoms with van der Waals surface area (Å²) in [4.78, 5) is 36.1. The van der Waals surface area contributed by atoms with Crippen molar-refractivity contribution >= 4 is 33.9 Å². The van der Waals surface area contributed by atoms with Crippen molar-refractivity contribution in [3.63, 3.8) is 0 Å². The van der Waals surface area contributed by atoms with Gasteiger partial charge in [-0.15, -0.1) is 0 Å². The highest BCUT2D eigenvalue weighted by molar-refractivity contribution is 5.94. The Morgan fingerprint density at radius 1 is 0.978 bits per heavy atom. The highest BCUT2D eigenvalue weighted by Crippen LogP contribution is 2.29. The van der Waals surface area contributed by atoms with Crippen LogP contribution < -0.4 is 16.0 Å². The topological polar surface area (TPSA) is 128 Å². The Balaban J connectivity index is 1.29. The summed E-state index contributed by atoms with van der Waals surface area (Å²) in [6, 6.07) is 20.8. The number of anilines is 1. The molecule has 1 fully saturated rings. The van der Waals surface area contributed by atoms with Crippen LogP contribution in [0, 0.1) is 11.8 Å². The first-order valence-electron chi connectivity index (χ1n) is 15.2. The number of amides is 1. The summed E-state index contributed by atoms with van der Waals surface area (Å²) in [6.45, 7) is 4.83. The number of rotatable bonds is 9. The summed E-state index contributed by atoms with van der Waals surface area (Å²) in [5, 5.41) is 8.68. The smallest absolute Gasteiger partial charge is 0.251 e. The van der Waals surface area contributed by atoms with Crippen LogP contribution in [0.4, 0.5) is 5.69 Å². The Morgan fingerprint density at radius 2 is 1.78 bits per heavy atom.